The molecule has 0 bridgehead atoms. The Bertz CT molecular complexity index is 3060. The van der Waals surface area contributed by atoms with Crippen LogP contribution in [0.3, 0.4) is 0 Å². The maximum absolute atomic E-state index is 6.58. The summed E-state index contributed by atoms with van der Waals surface area (Å²) in [4.78, 5) is 15.7. The van der Waals surface area contributed by atoms with Crippen molar-refractivity contribution in [2.24, 2.45) is 0 Å². The van der Waals surface area contributed by atoms with Gasteiger partial charge in [-0.05, 0) is 69.4 Å². The van der Waals surface area contributed by atoms with Gasteiger partial charge in [-0.15, -0.1) is 11.3 Å². The number of rotatable bonds is 3. The van der Waals surface area contributed by atoms with Crippen molar-refractivity contribution in [3.8, 4) is 45.3 Å². The molecule has 0 saturated heterocycles. The van der Waals surface area contributed by atoms with Gasteiger partial charge in [0.2, 0.25) is 0 Å². The molecule has 0 spiro atoms. The number of fused-ring (bicyclic) bond motifs is 11. The van der Waals surface area contributed by atoms with Crippen LogP contribution in [0.15, 0.2) is 144 Å². The summed E-state index contributed by atoms with van der Waals surface area (Å²) in [5, 5.41) is 6.93. The lowest BCUT2D eigenvalue weighted by Crippen LogP contribution is -2.14. The first-order chi connectivity index (χ1) is 25.0. The van der Waals surface area contributed by atoms with Crippen LogP contribution in [0.2, 0.25) is 0 Å². The van der Waals surface area contributed by atoms with E-state index in [9.17, 15) is 0 Å². The Morgan fingerprint density at radius 1 is 0.510 bits per heavy atom. The number of benzene rings is 7. The summed E-state index contributed by atoms with van der Waals surface area (Å²) in [6, 6.07) is 49.3. The van der Waals surface area contributed by atoms with E-state index in [1.807, 2.05) is 30.3 Å². The molecule has 240 valence electrons. The zero-order valence-electron chi connectivity index (χ0n) is 27.9. The lowest BCUT2D eigenvalue weighted by molar-refractivity contribution is 0.661. The molecule has 0 fully saturated rings. The van der Waals surface area contributed by atoms with E-state index in [-0.39, 0.29) is 5.41 Å². The average molecular weight is 672 g/mol. The zero-order valence-corrected chi connectivity index (χ0v) is 28.8. The van der Waals surface area contributed by atoms with Crippen molar-refractivity contribution in [3.63, 3.8) is 0 Å². The lowest BCUT2D eigenvalue weighted by Gasteiger charge is -2.21. The number of hydrogen-bond acceptors (Lipinski definition) is 5. The van der Waals surface area contributed by atoms with Gasteiger partial charge in [-0.1, -0.05) is 117 Å². The van der Waals surface area contributed by atoms with Crippen LogP contribution >= 0.6 is 11.3 Å². The lowest BCUT2D eigenvalue weighted by atomic mass is 9.82. The molecule has 10 aromatic rings. The molecule has 0 N–H and O–H groups in total. The van der Waals surface area contributed by atoms with Crippen LogP contribution < -0.4 is 0 Å². The molecule has 3 aromatic heterocycles. The molecule has 0 aliphatic heterocycles. The van der Waals surface area contributed by atoms with Crippen molar-refractivity contribution in [1.29, 1.82) is 0 Å². The molecule has 5 heteroatoms. The number of aromatic nitrogens is 3. The molecule has 0 saturated carbocycles. The summed E-state index contributed by atoms with van der Waals surface area (Å²) in [7, 11) is 0. The first-order valence-electron chi connectivity index (χ1n) is 17.3. The highest BCUT2D eigenvalue weighted by atomic mass is 32.1. The van der Waals surface area contributed by atoms with Gasteiger partial charge in [-0.25, -0.2) is 15.0 Å². The Morgan fingerprint density at radius 2 is 1.18 bits per heavy atom. The fourth-order valence-corrected chi connectivity index (χ4v) is 9.36. The van der Waals surface area contributed by atoms with Crippen LogP contribution in [0.4, 0.5) is 0 Å². The molecule has 11 rings (SSSR count). The molecule has 0 radical (unpaired) electrons. The van der Waals surface area contributed by atoms with Gasteiger partial charge in [0.05, 0.1) is 4.70 Å². The standard InChI is InChI=1S/C46H29N3OS/c1-46(2)36-21-20-29(23-32(36)33-22-27-14-6-7-15-28(27)24-37(33)46)44-47-43(26-12-4-3-5-13-26)48-45(49-44)35-25-34-30-16-8-10-18-38(30)50-41(34)40-31-17-9-11-19-39(31)51-42(35)40/h3-25H,1-2H3. The summed E-state index contributed by atoms with van der Waals surface area (Å²) in [6.45, 7) is 4.65. The number of nitrogens with zero attached hydrogens (tertiary/aromatic N) is 3. The van der Waals surface area contributed by atoms with E-state index >= 15 is 0 Å². The Balaban J connectivity index is 1.19. The summed E-state index contributed by atoms with van der Waals surface area (Å²) in [6.07, 6.45) is 0. The van der Waals surface area contributed by atoms with Crippen molar-refractivity contribution in [3.05, 3.63) is 151 Å². The third kappa shape index (κ3) is 4.16. The van der Waals surface area contributed by atoms with E-state index in [1.165, 1.54) is 43.1 Å². The maximum atomic E-state index is 6.58. The van der Waals surface area contributed by atoms with Crippen LogP contribution in [0.25, 0.3) is 98.2 Å². The molecule has 3 heterocycles. The minimum atomic E-state index is -0.123. The molecule has 0 unspecified atom stereocenters. The highest BCUT2D eigenvalue weighted by Gasteiger charge is 2.36. The number of thiophene rings is 1. The minimum Gasteiger partial charge on any atom is -0.455 e. The zero-order chi connectivity index (χ0) is 33.8. The fourth-order valence-electron chi connectivity index (χ4n) is 8.15. The van der Waals surface area contributed by atoms with E-state index < -0.39 is 0 Å². The van der Waals surface area contributed by atoms with E-state index in [4.69, 9.17) is 19.4 Å². The molecular formula is C46H29N3OS. The smallest absolute Gasteiger partial charge is 0.165 e. The summed E-state index contributed by atoms with van der Waals surface area (Å²) >= 11 is 1.76. The predicted molar refractivity (Wildman–Crippen MR) is 211 cm³/mol. The van der Waals surface area contributed by atoms with E-state index in [1.54, 1.807) is 11.3 Å². The van der Waals surface area contributed by atoms with E-state index in [2.05, 4.69) is 123 Å². The van der Waals surface area contributed by atoms with Gasteiger partial charge in [0.1, 0.15) is 11.2 Å². The molecule has 7 aromatic carbocycles. The largest absolute Gasteiger partial charge is 0.455 e. The summed E-state index contributed by atoms with van der Waals surface area (Å²) < 4.78 is 8.89. The van der Waals surface area contributed by atoms with Gasteiger partial charge in [-0.3, -0.25) is 0 Å². The highest BCUT2D eigenvalue weighted by Crippen LogP contribution is 2.51. The Kier molecular flexibility index (Phi) is 5.85. The number of para-hydroxylation sites is 1. The highest BCUT2D eigenvalue weighted by molar-refractivity contribution is 7.26. The molecular weight excluding hydrogens is 643 g/mol. The predicted octanol–water partition coefficient (Wildman–Crippen LogP) is 12.6. The molecule has 1 aliphatic rings. The first-order valence-corrected chi connectivity index (χ1v) is 18.1. The summed E-state index contributed by atoms with van der Waals surface area (Å²) in [5.74, 6) is 1.95. The van der Waals surface area contributed by atoms with Crippen LogP contribution in [-0.2, 0) is 5.41 Å². The second-order valence-electron chi connectivity index (χ2n) is 14.0. The Hall–Kier alpha value is -6.17. The molecule has 1 aliphatic carbocycles. The van der Waals surface area contributed by atoms with Gasteiger partial charge >= 0.3 is 0 Å². The molecule has 0 amide bonds. The van der Waals surface area contributed by atoms with Crippen LogP contribution in [0.1, 0.15) is 25.0 Å². The average Bonchev–Trinajstić information content (AvgIpc) is 3.81. The summed E-state index contributed by atoms with van der Waals surface area (Å²) in [5.41, 5.74) is 9.72. The molecule has 51 heavy (non-hydrogen) atoms. The quantitative estimate of drug-likeness (QED) is 0.188. The number of hydrogen-bond donors (Lipinski definition) is 0. The van der Waals surface area contributed by atoms with Gasteiger partial charge in [0, 0.05) is 48.4 Å². The maximum Gasteiger partial charge on any atom is 0.165 e. The Morgan fingerprint density at radius 3 is 2.02 bits per heavy atom. The second kappa shape index (κ2) is 10.4. The SMILES string of the molecule is CC1(C)c2ccc(-c3nc(-c4ccccc4)nc(-c4cc5c6ccccc6oc5c5c4sc4ccccc45)n3)cc2-c2cc3ccccc3cc21. The van der Waals surface area contributed by atoms with Gasteiger partial charge in [-0.2, -0.15) is 0 Å². The van der Waals surface area contributed by atoms with Crippen LogP contribution in [0, 0.1) is 0 Å². The minimum absolute atomic E-state index is 0.123. The number of furan rings is 1. The monoisotopic (exact) mass is 671 g/mol. The van der Waals surface area contributed by atoms with Crippen LogP contribution in [0.5, 0.6) is 0 Å². The van der Waals surface area contributed by atoms with Crippen molar-refractivity contribution in [1.82, 2.24) is 15.0 Å². The molecule has 0 atom stereocenters. The van der Waals surface area contributed by atoms with Crippen LogP contribution in [-0.4, -0.2) is 15.0 Å². The van der Waals surface area contributed by atoms with Crippen molar-refractivity contribution in [2.45, 2.75) is 19.3 Å². The van der Waals surface area contributed by atoms with Crippen molar-refractivity contribution >= 4 is 64.2 Å². The van der Waals surface area contributed by atoms with Gasteiger partial charge in [0.25, 0.3) is 0 Å². The normalized spacial score (nSPS) is 13.5. The second-order valence-corrected chi connectivity index (χ2v) is 15.1. The van der Waals surface area contributed by atoms with Crippen molar-refractivity contribution in [2.75, 3.05) is 0 Å². The van der Waals surface area contributed by atoms with Gasteiger partial charge < -0.3 is 4.42 Å². The van der Waals surface area contributed by atoms with E-state index in [0.717, 1.165) is 48.7 Å². The third-order valence-corrected chi connectivity index (χ3v) is 11.9. The third-order valence-electron chi connectivity index (χ3n) is 10.7. The Labute approximate surface area is 297 Å². The topological polar surface area (TPSA) is 51.8 Å². The first kappa shape index (κ1) is 28.6. The van der Waals surface area contributed by atoms with Crippen molar-refractivity contribution < 1.29 is 4.42 Å². The van der Waals surface area contributed by atoms with E-state index in [0.29, 0.717) is 17.5 Å². The fraction of sp³-hybridized carbons (Fsp3) is 0.0652. The van der Waals surface area contributed by atoms with Gasteiger partial charge in [0.15, 0.2) is 17.5 Å². The molecule has 4 nitrogen and oxygen atoms in total.